The van der Waals surface area contributed by atoms with E-state index in [-0.39, 0.29) is 12.5 Å². The normalized spacial score (nSPS) is 25.3. The van der Waals surface area contributed by atoms with Crippen LogP contribution >= 0.6 is 0 Å². The molecule has 4 nitrogen and oxygen atoms in total. The average Bonchev–Trinajstić information content (AvgIpc) is 2.27. The van der Waals surface area contributed by atoms with E-state index in [1.165, 1.54) is 12.8 Å². The predicted molar refractivity (Wildman–Crippen MR) is 66.6 cm³/mol. The molecule has 0 spiro atoms. The molecular weight excluding hydrogens is 216 g/mol. The maximum Gasteiger partial charge on any atom is 0.228 e. The van der Waals surface area contributed by atoms with Gasteiger partial charge in [0.15, 0.2) is 0 Å². The topological polar surface area (TPSA) is 52.6 Å². The van der Waals surface area contributed by atoms with Crippen molar-refractivity contribution in [1.29, 1.82) is 0 Å². The van der Waals surface area contributed by atoms with E-state index in [9.17, 15) is 9.90 Å². The van der Waals surface area contributed by atoms with Gasteiger partial charge in [-0.05, 0) is 51.7 Å². The third kappa shape index (κ3) is 2.80. The van der Waals surface area contributed by atoms with Gasteiger partial charge in [-0.15, -0.1) is 0 Å². The van der Waals surface area contributed by atoms with E-state index in [0.717, 1.165) is 38.9 Å². The van der Waals surface area contributed by atoms with Crippen LogP contribution in [-0.2, 0) is 4.79 Å². The molecule has 0 atom stereocenters. The number of piperidine rings is 1. The molecule has 2 fully saturated rings. The fraction of sp³-hybridized carbons (Fsp3) is 0.923. The molecule has 0 aromatic heterocycles. The summed E-state index contributed by atoms with van der Waals surface area (Å²) in [5, 5.41) is 12.4. The monoisotopic (exact) mass is 240 g/mol. The molecule has 0 aromatic rings. The van der Waals surface area contributed by atoms with E-state index in [0.29, 0.717) is 5.92 Å². The summed E-state index contributed by atoms with van der Waals surface area (Å²) < 4.78 is 0. The zero-order valence-electron chi connectivity index (χ0n) is 10.7. The van der Waals surface area contributed by atoms with Crippen LogP contribution in [0.2, 0.25) is 0 Å². The zero-order chi connectivity index (χ0) is 12.3. The summed E-state index contributed by atoms with van der Waals surface area (Å²) in [5.41, 5.74) is -0.439. The molecule has 0 bridgehead atoms. The van der Waals surface area contributed by atoms with Gasteiger partial charge in [0, 0.05) is 6.54 Å². The molecule has 98 valence electrons. The highest BCUT2D eigenvalue weighted by molar-refractivity contribution is 5.83. The molecule has 0 unspecified atom stereocenters. The summed E-state index contributed by atoms with van der Waals surface area (Å²) >= 11 is 0. The second-order valence-corrected chi connectivity index (χ2v) is 5.75. The van der Waals surface area contributed by atoms with Gasteiger partial charge in [-0.3, -0.25) is 4.79 Å². The third-order valence-electron chi connectivity index (χ3n) is 4.48. The summed E-state index contributed by atoms with van der Waals surface area (Å²) in [5.74, 6) is 0.691. The highest BCUT2D eigenvalue weighted by Crippen LogP contribution is 2.40. The molecular formula is C13H24N2O2. The summed E-state index contributed by atoms with van der Waals surface area (Å²) in [4.78, 5) is 14.3. The number of carbonyl (C=O) groups is 1. The van der Waals surface area contributed by atoms with Crippen molar-refractivity contribution < 1.29 is 9.90 Å². The Morgan fingerprint density at radius 1 is 1.41 bits per heavy atom. The highest BCUT2D eigenvalue weighted by atomic mass is 16.3. The zero-order valence-corrected chi connectivity index (χ0v) is 10.7. The summed E-state index contributed by atoms with van der Waals surface area (Å²) in [6.07, 6.45) is 5.11. The molecule has 0 radical (unpaired) electrons. The van der Waals surface area contributed by atoms with Crippen molar-refractivity contribution in [2.75, 3.05) is 33.3 Å². The minimum absolute atomic E-state index is 0.00619. The number of hydrogen-bond donors (Lipinski definition) is 2. The Morgan fingerprint density at radius 3 is 2.53 bits per heavy atom. The first-order chi connectivity index (χ1) is 8.16. The number of nitrogens with one attached hydrogen (secondary N) is 1. The van der Waals surface area contributed by atoms with Crippen LogP contribution in [0.3, 0.4) is 0 Å². The summed E-state index contributed by atoms with van der Waals surface area (Å²) in [6.45, 7) is 3.05. The van der Waals surface area contributed by atoms with Gasteiger partial charge in [0.05, 0.1) is 12.0 Å². The fourth-order valence-corrected chi connectivity index (χ4v) is 2.75. The Labute approximate surface area is 103 Å². The van der Waals surface area contributed by atoms with Crippen LogP contribution in [0.25, 0.3) is 0 Å². The van der Waals surface area contributed by atoms with Gasteiger partial charge in [-0.1, -0.05) is 6.42 Å². The van der Waals surface area contributed by atoms with Gasteiger partial charge in [-0.2, -0.15) is 0 Å². The Balaban J connectivity index is 1.73. The molecule has 0 aromatic carbocycles. The maximum absolute atomic E-state index is 12.0. The molecule has 17 heavy (non-hydrogen) atoms. The number of nitrogens with zero attached hydrogens (tertiary/aromatic N) is 1. The largest absolute Gasteiger partial charge is 0.395 e. The summed E-state index contributed by atoms with van der Waals surface area (Å²) in [7, 11) is 2.14. The minimum atomic E-state index is -0.439. The van der Waals surface area contributed by atoms with E-state index >= 15 is 0 Å². The van der Waals surface area contributed by atoms with Crippen LogP contribution in [0.4, 0.5) is 0 Å². The Morgan fingerprint density at radius 2 is 2.06 bits per heavy atom. The number of rotatable bonds is 4. The van der Waals surface area contributed by atoms with Crippen molar-refractivity contribution in [1.82, 2.24) is 10.2 Å². The maximum atomic E-state index is 12.0. The second kappa shape index (κ2) is 5.36. The lowest BCUT2D eigenvalue weighted by Crippen LogP contribution is -2.49. The fourth-order valence-electron chi connectivity index (χ4n) is 2.75. The molecule has 2 N–H and O–H groups in total. The molecule has 1 aliphatic heterocycles. The van der Waals surface area contributed by atoms with E-state index in [1.807, 2.05) is 0 Å². The first-order valence-electron chi connectivity index (χ1n) is 6.74. The third-order valence-corrected chi connectivity index (χ3v) is 4.48. The molecule has 1 amide bonds. The number of aliphatic hydroxyl groups is 1. The molecule has 1 saturated heterocycles. The second-order valence-electron chi connectivity index (χ2n) is 5.75. The van der Waals surface area contributed by atoms with E-state index in [4.69, 9.17) is 0 Å². The minimum Gasteiger partial charge on any atom is -0.395 e. The Bertz CT molecular complexity index is 263. The molecule has 4 heteroatoms. The predicted octanol–water partition coefficient (Wildman–Crippen LogP) is 0.607. The van der Waals surface area contributed by atoms with Crippen molar-refractivity contribution in [3.05, 3.63) is 0 Å². The smallest absolute Gasteiger partial charge is 0.228 e. The van der Waals surface area contributed by atoms with Crippen molar-refractivity contribution >= 4 is 5.91 Å². The van der Waals surface area contributed by atoms with Crippen LogP contribution in [-0.4, -0.2) is 49.2 Å². The van der Waals surface area contributed by atoms with Gasteiger partial charge >= 0.3 is 0 Å². The Hall–Kier alpha value is -0.610. The van der Waals surface area contributed by atoms with E-state index in [2.05, 4.69) is 17.3 Å². The van der Waals surface area contributed by atoms with Crippen LogP contribution in [0, 0.1) is 11.3 Å². The first kappa shape index (κ1) is 12.8. The van der Waals surface area contributed by atoms with Gasteiger partial charge in [0.25, 0.3) is 0 Å². The van der Waals surface area contributed by atoms with Crippen molar-refractivity contribution in [2.24, 2.45) is 11.3 Å². The van der Waals surface area contributed by atoms with Crippen molar-refractivity contribution in [3.63, 3.8) is 0 Å². The number of likely N-dealkylation sites (tertiary alicyclic amines) is 1. The Kier molecular flexibility index (Phi) is 4.05. The molecule has 1 heterocycles. The molecule has 2 rings (SSSR count). The lowest BCUT2D eigenvalue weighted by molar-refractivity contribution is -0.139. The lowest BCUT2D eigenvalue weighted by atomic mass is 9.68. The van der Waals surface area contributed by atoms with Crippen LogP contribution in [0.15, 0.2) is 0 Å². The SMILES string of the molecule is CN1CCC(CNC(=O)C2(CO)CCC2)CC1. The van der Waals surface area contributed by atoms with E-state index in [1.54, 1.807) is 0 Å². The van der Waals surface area contributed by atoms with Gasteiger partial charge in [-0.25, -0.2) is 0 Å². The van der Waals surface area contributed by atoms with Crippen molar-refractivity contribution in [2.45, 2.75) is 32.1 Å². The summed E-state index contributed by atoms with van der Waals surface area (Å²) in [6, 6.07) is 0. The van der Waals surface area contributed by atoms with E-state index < -0.39 is 5.41 Å². The number of hydrogen-bond acceptors (Lipinski definition) is 3. The number of carbonyl (C=O) groups excluding carboxylic acids is 1. The average molecular weight is 240 g/mol. The molecule has 1 saturated carbocycles. The van der Waals surface area contributed by atoms with Crippen molar-refractivity contribution in [3.8, 4) is 0 Å². The molecule has 1 aliphatic carbocycles. The van der Waals surface area contributed by atoms with Crippen LogP contribution in [0.5, 0.6) is 0 Å². The highest BCUT2D eigenvalue weighted by Gasteiger charge is 2.43. The standard InChI is InChI=1S/C13H24N2O2/c1-15-7-3-11(4-8-15)9-14-12(17)13(10-16)5-2-6-13/h11,16H,2-10H2,1H3,(H,14,17). The molecule has 2 aliphatic rings. The van der Waals surface area contributed by atoms with Crippen LogP contribution in [0.1, 0.15) is 32.1 Å². The lowest BCUT2D eigenvalue weighted by Gasteiger charge is -2.39. The van der Waals surface area contributed by atoms with Crippen LogP contribution < -0.4 is 5.32 Å². The van der Waals surface area contributed by atoms with Gasteiger partial charge in [0.2, 0.25) is 5.91 Å². The quantitative estimate of drug-likeness (QED) is 0.757. The van der Waals surface area contributed by atoms with Gasteiger partial charge in [0.1, 0.15) is 0 Å². The van der Waals surface area contributed by atoms with Gasteiger partial charge < -0.3 is 15.3 Å². The first-order valence-corrected chi connectivity index (χ1v) is 6.74. The number of amides is 1. The number of aliphatic hydroxyl groups excluding tert-OH is 1.